The number of hydrogen-bond donors (Lipinski definition) is 6. The van der Waals surface area contributed by atoms with E-state index in [0.717, 1.165) is 51.4 Å². The van der Waals surface area contributed by atoms with E-state index < -0.39 is 49.5 Å². The van der Waals surface area contributed by atoms with Gasteiger partial charge in [-0.1, -0.05) is 149 Å². The third-order valence-corrected chi connectivity index (χ3v) is 9.21. The first kappa shape index (κ1) is 42.2. The van der Waals surface area contributed by atoms with Crippen LogP contribution >= 0.6 is 0 Å². The maximum atomic E-state index is 12.8. The molecule has 1 heterocycles. The molecule has 1 aliphatic heterocycles. The highest BCUT2D eigenvalue weighted by molar-refractivity contribution is 5.76. The van der Waals surface area contributed by atoms with Gasteiger partial charge in [-0.3, -0.25) is 4.79 Å². The van der Waals surface area contributed by atoms with Gasteiger partial charge in [0.15, 0.2) is 6.29 Å². The molecule has 1 rings (SSSR count). The SMILES string of the molecule is CCCCCCCCCCCCCCCCCCCC(=O)NC(COC1OC(CO)C(O)C(O)C1O)C(O)CCCCCCC. The van der Waals surface area contributed by atoms with Crippen LogP contribution in [-0.2, 0) is 14.3 Å². The number of carbonyl (C=O) groups excluding carboxylic acids is 1. The Morgan fingerprint density at radius 3 is 1.58 bits per heavy atom. The summed E-state index contributed by atoms with van der Waals surface area (Å²) in [5.74, 6) is -0.150. The number of unbranched alkanes of at least 4 members (excludes halogenated alkanes) is 20. The molecule has 0 spiro atoms. The molecule has 1 saturated heterocycles. The lowest BCUT2D eigenvalue weighted by Crippen LogP contribution is -2.60. The monoisotopic (exact) mass is 646 g/mol. The fourth-order valence-electron chi connectivity index (χ4n) is 6.10. The zero-order chi connectivity index (χ0) is 33.1. The quantitative estimate of drug-likeness (QED) is 0.0517. The Morgan fingerprint density at radius 1 is 0.667 bits per heavy atom. The van der Waals surface area contributed by atoms with Gasteiger partial charge in [0.1, 0.15) is 24.4 Å². The van der Waals surface area contributed by atoms with E-state index in [-0.39, 0.29) is 12.5 Å². The van der Waals surface area contributed by atoms with E-state index in [0.29, 0.717) is 12.8 Å². The van der Waals surface area contributed by atoms with Gasteiger partial charge in [0.2, 0.25) is 5.91 Å². The molecule has 9 heteroatoms. The lowest BCUT2D eigenvalue weighted by Gasteiger charge is -2.40. The number of aliphatic hydroxyl groups excluding tert-OH is 5. The molecule has 7 atom stereocenters. The third-order valence-electron chi connectivity index (χ3n) is 9.21. The van der Waals surface area contributed by atoms with Crippen molar-refractivity contribution >= 4 is 5.91 Å². The number of hydrogen-bond acceptors (Lipinski definition) is 8. The van der Waals surface area contributed by atoms with Crippen molar-refractivity contribution in [1.82, 2.24) is 5.32 Å². The largest absolute Gasteiger partial charge is 0.394 e. The van der Waals surface area contributed by atoms with Crippen LogP contribution in [0.2, 0.25) is 0 Å². The van der Waals surface area contributed by atoms with Gasteiger partial charge in [-0.2, -0.15) is 0 Å². The van der Waals surface area contributed by atoms with E-state index in [1.807, 2.05) is 0 Å². The van der Waals surface area contributed by atoms with E-state index in [2.05, 4.69) is 19.2 Å². The number of aliphatic hydroxyl groups is 5. The molecule has 0 aromatic heterocycles. The summed E-state index contributed by atoms with van der Waals surface area (Å²) >= 11 is 0. The third kappa shape index (κ3) is 20.2. The van der Waals surface area contributed by atoms with Gasteiger partial charge in [-0.25, -0.2) is 0 Å². The minimum atomic E-state index is -1.54. The average Bonchev–Trinajstić information content (AvgIpc) is 3.03. The Labute approximate surface area is 274 Å². The van der Waals surface area contributed by atoms with Gasteiger partial charge < -0.3 is 40.3 Å². The first-order valence-electron chi connectivity index (χ1n) is 18.7. The highest BCUT2D eigenvalue weighted by Gasteiger charge is 2.44. The van der Waals surface area contributed by atoms with Crippen LogP contribution in [-0.4, -0.2) is 87.5 Å². The van der Waals surface area contributed by atoms with E-state index in [4.69, 9.17) is 9.47 Å². The summed E-state index contributed by atoms with van der Waals surface area (Å²) in [6.07, 6.45) is 20.1. The molecule has 1 amide bonds. The lowest BCUT2D eigenvalue weighted by molar-refractivity contribution is -0.302. The van der Waals surface area contributed by atoms with Crippen LogP contribution < -0.4 is 5.32 Å². The maximum Gasteiger partial charge on any atom is 0.220 e. The Balaban J connectivity index is 2.27. The minimum absolute atomic E-state index is 0.135. The van der Waals surface area contributed by atoms with Crippen molar-refractivity contribution in [3.63, 3.8) is 0 Å². The van der Waals surface area contributed by atoms with Crippen LogP contribution in [0.4, 0.5) is 0 Å². The standard InChI is InChI=1S/C36H71NO8/c1-3-5-7-9-10-11-12-13-14-15-16-17-18-19-20-22-24-26-32(40)37-29(30(39)25-23-21-8-6-4-2)28-44-36-35(43)34(42)33(41)31(27-38)45-36/h29-31,33-36,38-39,41-43H,3-28H2,1-2H3,(H,37,40). The predicted octanol–water partition coefficient (Wildman–Crippen LogP) is 6.05. The van der Waals surface area contributed by atoms with E-state index in [9.17, 15) is 30.3 Å². The van der Waals surface area contributed by atoms with Crippen molar-refractivity contribution in [3.05, 3.63) is 0 Å². The molecule has 6 N–H and O–H groups in total. The summed E-state index contributed by atoms with van der Waals surface area (Å²) in [5, 5.41) is 53.6. The molecular weight excluding hydrogens is 574 g/mol. The molecule has 0 bridgehead atoms. The fraction of sp³-hybridized carbons (Fsp3) is 0.972. The zero-order valence-corrected chi connectivity index (χ0v) is 28.9. The number of rotatable bonds is 30. The smallest absolute Gasteiger partial charge is 0.220 e. The summed E-state index contributed by atoms with van der Waals surface area (Å²) < 4.78 is 11.1. The van der Waals surface area contributed by atoms with Crippen LogP contribution in [0.15, 0.2) is 0 Å². The molecule has 0 aromatic carbocycles. The fourth-order valence-corrected chi connectivity index (χ4v) is 6.10. The molecule has 0 aromatic rings. The number of nitrogens with one attached hydrogen (secondary N) is 1. The summed E-state index contributed by atoms with van der Waals surface area (Å²) in [7, 11) is 0. The van der Waals surface area contributed by atoms with Crippen LogP contribution in [0.5, 0.6) is 0 Å². The number of amides is 1. The highest BCUT2D eigenvalue weighted by atomic mass is 16.7. The first-order chi connectivity index (χ1) is 21.8. The van der Waals surface area contributed by atoms with Gasteiger partial charge in [0.25, 0.3) is 0 Å². The maximum absolute atomic E-state index is 12.8. The number of carbonyl (C=O) groups is 1. The summed E-state index contributed by atoms with van der Waals surface area (Å²) in [6, 6.07) is -0.707. The zero-order valence-electron chi connectivity index (χ0n) is 28.9. The molecule has 1 aliphatic rings. The van der Waals surface area contributed by atoms with Crippen molar-refractivity contribution < 1.29 is 39.8 Å². The van der Waals surface area contributed by atoms with Crippen molar-refractivity contribution in [1.29, 1.82) is 0 Å². The van der Waals surface area contributed by atoms with Crippen LogP contribution in [0, 0.1) is 0 Å². The summed E-state index contributed by atoms with van der Waals surface area (Å²) in [6.45, 7) is 3.73. The Kier molecular flexibility index (Phi) is 26.5. The minimum Gasteiger partial charge on any atom is -0.394 e. The van der Waals surface area contributed by atoms with Crippen LogP contribution in [0.1, 0.15) is 168 Å². The topological polar surface area (TPSA) is 149 Å². The van der Waals surface area contributed by atoms with Gasteiger partial charge in [-0.05, 0) is 12.8 Å². The Bertz CT molecular complexity index is 681. The highest BCUT2D eigenvalue weighted by Crippen LogP contribution is 2.23. The second-order valence-corrected chi connectivity index (χ2v) is 13.4. The molecule has 7 unspecified atom stereocenters. The molecule has 0 saturated carbocycles. The Morgan fingerprint density at radius 2 is 1.11 bits per heavy atom. The Hall–Kier alpha value is -0.810. The van der Waals surface area contributed by atoms with E-state index in [1.165, 1.54) is 89.9 Å². The first-order valence-corrected chi connectivity index (χ1v) is 18.7. The van der Waals surface area contributed by atoms with Gasteiger partial charge in [0, 0.05) is 6.42 Å². The van der Waals surface area contributed by atoms with Gasteiger partial charge >= 0.3 is 0 Å². The molecule has 9 nitrogen and oxygen atoms in total. The van der Waals surface area contributed by atoms with Crippen molar-refractivity contribution in [2.75, 3.05) is 13.2 Å². The normalized spacial score (nSPS) is 23.2. The lowest BCUT2D eigenvalue weighted by atomic mass is 9.99. The number of ether oxygens (including phenoxy) is 2. The van der Waals surface area contributed by atoms with Crippen molar-refractivity contribution in [3.8, 4) is 0 Å². The molecule has 0 radical (unpaired) electrons. The summed E-state index contributed by atoms with van der Waals surface area (Å²) in [5.41, 5.74) is 0. The predicted molar refractivity (Wildman–Crippen MR) is 180 cm³/mol. The molecule has 1 fully saturated rings. The van der Waals surface area contributed by atoms with Gasteiger partial charge in [-0.15, -0.1) is 0 Å². The van der Waals surface area contributed by atoms with Crippen LogP contribution in [0.3, 0.4) is 0 Å². The van der Waals surface area contributed by atoms with Crippen molar-refractivity contribution in [2.24, 2.45) is 0 Å². The van der Waals surface area contributed by atoms with E-state index in [1.54, 1.807) is 0 Å². The average molecular weight is 646 g/mol. The summed E-state index contributed by atoms with van der Waals surface area (Å²) in [4.78, 5) is 12.8. The molecular formula is C36H71NO8. The van der Waals surface area contributed by atoms with Gasteiger partial charge in [0.05, 0.1) is 25.4 Å². The molecule has 45 heavy (non-hydrogen) atoms. The second-order valence-electron chi connectivity index (χ2n) is 13.4. The molecule has 268 valence electrons. The van der Waals surface area contributed by atoms with Crippen molar-refractivity contribution in [2.45, 2.75) is 211 Å². The second kappa shape index (κ2) is 28.2. The molecule has 0 aliphatic carbocycles. The van der Waals surface area contributed by atoms with E-state index >= 15 is 0 Å². The van der Waals surface area contributed by atoms with Crippen LogP contribution in [0.25, 0.3) is 0 Å².